The average Bonchev–Trinajstić information content (AvgIpc) is 2.41. The standard InChI is InChI=1S/C15H13BrN2O2S/c1-21(19,20)10-12-4-7-15(14(16)8-12)18-13-5-2-11(9-17)3-6-13/h2-8,18H,10H2,1H3. The van der Waals surface area contributed by atoms with Gasteiger partial charge in [0.25, 0.3) is 0 Å². The Labute approximate surface area is 132 Å². The first kappa shape index (κ1) is 15.5. The van der Waals surface area contributed by atoms with Gasteiger partial charge in [0.1, 0.15) is 0 Å². The summed E-state index contributed by atoms with van der Waals surface area (Å²) in [5, 5.41) is 12.0. The van der Waals surface area contributed by atoms with Crippen LogP contribution in [0, 0.1) is 11.3 Å². The fraction of sp³-hybridized carbons (Fsp3) is 0.133. The highest BCUT2D eigenvalue weighted by atomic mass is 79.9. The first-order chi connectivity index (χ1) is 9.87. The zero-order valence-corrected chi connectivity index (χ0v) is 13.7. The predicted octanol–water partition coefficient (Wildman–Crippen LogP) is 3.61. The largest absolute Gasteiger partial charge is 0.355 e. The summed E-state index contributed by atoms with van der Waals surface area (Å²) in [6.45, 7) is 0. The van der Waals surface area contributed by atoms with Crippen molar-refractivity contribution in [3.8, 4) is 6.07 Å². The van der Waals surface area contributed by atoms with E-state index >= 15 is 0 Å². The molecule has 0 fully saturated rings. The molecule has 0 unspecified atom stereocenters. The summed E-state index contributed by atoms with van der Waals surface area (Å²) >= 11 is 3.43. The maximum atomic E-state index is 11.3. The highest BCUT2D eigenvalue weighted by Crippen LogP contribution is 2.27. The SMILES string of the molecule is CS(=O)(=O)Cc1ccc(Nc2ccc(C#N)cc2)c(Br)c1. The molecule has 0 bridgehead atoms. The normalized spacial score (nSPS) is 10.9. The minimum atomic E-state index is -3.05. The van der Waals surface area contributed by atoms with Crippen molar-refractivity contribution in [1.82, 2.24) is 0 Å². The molecule has 108 valence electrons. The molecule has 0 heterocycles. The van der Waals surface area contributed by atoms with Crippen molar-refractivity contribution in [3.05, 3.63) is 58.1 Å². The Balaban J connectivity index is 2.19. The van der Waals surface area contributed by atoms with E-state index in [1.807, 2.05) is 18.2 Å². The van der Waals surface area contributed by atoms with Gasteiger partial charge in [-0.15, -0.1) is 0 Å². The van der Waals surface area contributed by atoms with Crippen LogP contribution in [0.1, 0.15) is 11.1 Å². The quantitative estimate of drug-likeness (QED) is 0.899. The van der Waals surface area contributed by atoms with Gasteiger partial charge >= 0.3 is 0 Å². The van der Waals surface area contributed by atoms with Crippen molar-refractivity contribution in [1.29, 1.82) is 5.26 Å². The summed E-state index contributed by atoms with van der Waals surface area (Å²) in [6.07, 6.45) is 1.21. The minimum absolute atomic E-state index is 0.0166. The van der Waals surface area contributed by atoms with Gasteiger partial charge in [-0.1, -0.05) is 6.07 Å². The lowest BCUT2D eigenvalue weighted by Crippen LogP contribution is -2.01. The van der Waals surface area contributed by atoms with Gasteiger partial charge in [0, 0.05) is 16.4 Å². The minimum Gasteiger partial charge on any atom is -0.355 e. The van der Waals surface area contributed by atoms with Crippen LogP contribution in [-0.4, -0.2) is 14.7 Å². The van der Waals surface area contributed by atoms with Gasteiger partial charge in [-0.2, -0.15) is 5.26 Å². The van der Waals surface area contributed by atoms with E-state index in [1.165, 1.54) is 6.26 Å². The summed E-state index contributed by atoms with van der Waals surface area (Å²) in [6, 6.07) is 14.5. The van der Waals surface area contributed by atoms with E-state index in [0.717, 1.165) is 21.4 Å². The van der Waals surface area contributed by atoms with Crippen molar-refractivity contribution in [2.45, 2.75) is 5.75 Å². The Bertz CT molecular complexity index is 793. The number of rotatable bonds is 4. The number of nitrogens with one attached hydrogen (secondary N) is 1. The van der Waals surface area contributed by atoms with Crippen molar-refractivity contribution < 1.29 is 8.42 Å². The van der Waals surface area contributed by atoms with Crippen LogP contribution >= 0.6 is 15.9 Å². The number of sulfone groups is 1. The predicted molar refractivity (Wildman–Crippen MR) is 87.1 cm³/mol. The Morgan fingerprint density at radius 3 is 2.38 bits per heavy atom. The van der Waals surface area contributed by atoms with Crippen LogP contribution in [0.4, 0.5) is 11.4 Å². The molecule has 21 heavy (non-hydrogen) atoms. The van der Waals surface area contributed by atoms with Crippen LogP contribution in [0.25, 0.3) is 0 Å². The van der Waals surface area contributed by atoms with Crippen LogP contribution in [-0.2, 0) is 15.6 Å². The molecular formula is C15H13BrN2O2S. The Morgan fingerprint density at radius 1 is 1.19 bits per heavy atom. The summed E-state index contributed by atoms with van der Waals surface area (Å²) in [4.78, 5) is 0. The fourth-order valence-electron chi connectivity index (χ4n) is 1.84. The first-order valence-electron chi connectivity index (χ1n) is 6.11. The lowest BCUT2D eigenvalue weighted by atomic mass is 10.2. The van der Waals surface area contributed by atoms with Crippen LogP contribution in [0.2, 0.25) is 0 Å². The van der Waals surface area contributed by atoms with Crippen LogP contribution in [0.15, 0.2) is 46.9 Å². The van der Waals surface area contributed by atoms with Gasteiger partial charge < -0.3 is 5.32 Å². The topological polar surface area (TPSA) is 70.0 Å². The van der Waals surface area contributed by atoms with E-state index in [0.29, 0.717) is 5.56 Å². The van der Waals surface area contributed by atoms with Gasteiger partial charge in [0.05, 0.1) is 23.1 Å². The number of anilines is 2. The van der Waals surface area contributed by atoms with Gasteiger partial charge in [0.2, 0.25) is 0 Å². The van der Waals surface area contributed by atoms with E-state index in [-0.39, 0.29) is 5.75 Å². The Kier molecular flexibility index (Phi) is 4.66. The van der Waals surface area contributed by atoms with E-state index in [4.69, 9.17) is 5.26 Å². The average molecular weight is 365 g/mol. The van der Waals surface area contributed by atoms with Crippen molar-refractivity contribution in [2.24, 2.45) is 0 Å². The third kappa shape index (κ3) is 4.59. The molecule has 0 amide bonds. The molecule has 0 atom stereocenters. The molecule has 4 nitrogen and oxygen atoms in total. The van der Waals surface area contributed by atoms with E-state index in [1.54, 1.807) is 24.3 Å². The number of nitrogens with zero attached hydrogens (tertiary/aromatic N) is 1. The number of halogens is 1. The number of hydrogen-bond donors (Lipinski definition) is 1. The molecule has 2 aromatic rings. The third-order valence-corrected chi connectivity index (χ3v) is 4.27. The van der Waals surface area contributed by atoms with Crippen LogP contribution in [0.3, 0.4) is 0 Å². The molecule has 2 aromatic carbocycles. The zero-order valence-electron chi connectivity index (χ0n) is 11.3. The van der Waals surface area contributed by atoms with E-state index < -0.39 is 9.84 Å². The summed E-state index contributed by atoms with van der Waals surface area (Å²) in [5.74, 6) is 0.0166. The molecule has 2 rings (SSSR count). The lowest BCUT2D eigenvalue weighted by Gasteiger charge is -2.10. The summed E-state index contributed by atoms with van der Waals surface area (Å²) < 4.78 is 23.4. The molecule has 0 aliphatic rings. The highest BCUT2D eigenvalue weighted by molar-refractivity contribution is 9.10. The maximum absolute atomic E-state index is 11.3. The van der Waals surface area contributed by atoms with Crippen molar-refractivity contribution >= 4 is 37.1 Å². The fourth-order valence-corrected chi connectivity index (χ4v) is 3.15. The molecule has 0 spiro atoms. The second-order valence-electron chi connectivity index (χ2n) is 4.70. The van der Waals surface area contributed by atoms with Gasteiger partial charge in [-0.05, 0) is 57.9 Å². The van der Waals surface area contributed by atoms with Gasteiger partial charge in [-0.3, -0.25) is 0 Å². The molecule has 0 saturated carbocycles. The molecular weight excluding hydrogens is 352 g/mol. The number of nitriles is 1. The van der Waals surface area contributed by atoms with Gasteiger partial charge in [-0.25, -0.2) is 8.42 Å². The first-order valence-corrected chi connectivity index (χ1v) is 8.96. The molecule has 6 heteroatoms. The van der Waals surface area contributed by atoms with E-state index in [9.17, 15) is 8.42 Å². The zero-order chi connectivity index (χ0) is 15.5. The molecule has 0 radical (unpaired) electrons. The van der Waals surface area contributed by atoms with Crippen molar-refractivity contribution in [3.63, 3.8) is 0 Å². The second kappa shape index (κ2) is 6.29. The molecule has 0 aromatic heterocycles. The smallest absolute Gasteiger partial charge is 0.151 e. The molecule has 1 N–H and O–H groups in total. The van der Waals surface area contributed by atoms with Gasteiger partial charge in [0.15, 0.2) is 9.84 Å². The monoisotopic (exact) mass is 364 g/mol. The Hall–Kier alpha value is -1.84. The van der Waals surface area contributed by atoms with Crippen LogP contribution < -0.4 is 5.32 Å². The van der Waals surface area contributed by atoms with Crippen molar-refractivity contribution in [2.75, 3.05) is 11.6 Å². The maximum Gasteiger partial charge on any atom is 0.151 e. The molecule has 0 saturated heterocycles. The molecule has 0 aliphatic carbocycles. The molecule has 0 aliphatic heterocycles. The second-order valence-corrected chi connectivity index (χ2v) is 7.69. The summed E-state index contributed by atoms with van der Waals surface area (Å²) in [5.41, 5.74) is 3.01. The highest BCUT2D eigenvalue weighted by Gasteiger charge is 2.07. The lowest BCUT2D eigenvalue weighted by molar-refractivity contribution is 0.601. The number of hydrogen-bond acceptors (Lipinski definition) is 4. The number of benzene rings is 2. The van der Waals surface area contributed by atoms with E-state index in [2.05, 4.69) is 27.3 Å². The third-order valence-electron chi connectivity index (χ3n) is 2.76. The van der Waals surface area contributed by atoms with Crippen LogP contribution in [0.5, 0.6) is 0 Å². The Morgan fingerprint density at radius 2 is 1.86 bits per heavy atom. The summed E-state index contributed by atoms with van der Waals surface area (Å²) in [7, 11) is -3.05.